The molecule has 0 atom stereocenters. The zero-order valence-electron chi connectivity index (χ0n) is 26.2. The van der Waals surface area contributed by atoms with Gasteiger partial charge in [0.05, 0.1) is 5.69 Å². The van der Waals surface area contributed by atoms with Crippen molar-refractivity contribution in [2.75, 3.05) is 0 Å². The summed E-state index contributed by atoms with van der Waals surface area (Å²) in [6.45, 7) is 4.79. The van der Waals surface area contributed by atoms with E-state index < -0.39 is 0 Å². The van der Waals surface area contributed by atoms with Gasteiger partial charge in [0, 0.05) is 37.4 Å². The summed E-state index contributed by atoms with van der Waals surface area (Å²) in [5.41, 5.74) is 14.9. The van der Waals surface area contributed by atoms with Gasteiger partial charge in [0.2, 0.25) is 0 Å². The Labute approximate surface area is 273 Å². The van der Waals surface area contributed by atoms with E-state index in [0.29, 0.717) is 0 Å². The van der Waals surface area contributed by atoms with Crippen LogP contribution in [0.25, 0.3) is 65.2 Å². The minimum Gasteiger partial charge on any atom is -0.227 e. The summed E-state index contributed by atoms with van der Waals surface area (Å²) >= 11 is 1.77. The summed E-state index contributed by atoms with van der Waals surface area (Å²) in [6.07, 6.45) is 6.26. The lowest BCUT2D eigenvalue weighted by Gasteiger charge is -2.36. The first-order valence-electron chi connectivity index (χ1n) is 16.7. The van der Waals surface area contributed by atoms with Crippen LogP contribution in [0.2, 0.25) is 0 Å². The molecule has 3 aliphatic rings. The molecule has 1 saturated carbocycles. The second kappa shape index (κ2) is 9.47. The SMILES string of the molecule is CC1(C)c2ccccc2-c2cc3c(cc21)-c1ccc(-c2nc(-c4ccccc4)c4c(n2)sc2ccccc24)cc1C31CCCCC1. The number of thiophene rings is 1. The Balaban J connectivity index is 1.19. The lowest BCUT2D eigenvalue weighted by Crippen LogP contribution is -2.28. The Morgan fingerprint density at radius 1 is 0.565 bits per heavy atom. The molecule has 2 aromatic heterocycles. The van der Waals surface area contributed by atoms with E-state index >= 15 is 0 Å². The van der Waals surface area contributed by atoms with Crippen molar-refractivity contribution in [2.45, 2.75) is 56.8 Å². The molecule has 10 rings (SSSR count). The Morgan fingerprint density at radius 2 is 1.26 bits per heavy atom. The molecule has 0 radical (unpaired) electrons. The van der Waals surface area contributed by atoms with Crippen molar-refractivity contribution >= 4 is 31.6 Å². The van der Waals surface area contributed by atoms with Crippen molar-refractivity contribution in [3.05, 3.63) is 131 Å². The third-order valence-electron chi connectivity index (χ3n) is 11.3. The fourth-order valence-corrected chi connectivity index (χ4v) is 10.2. The first kappa shape index (κ1) is 26.6. The number of hydrogen-bond donors (Lipinski definition) is 0. The van der Waals surface area contributed by atoms with Crippen molar-refractivity contribution in [3.63, 3.8) is 0 Å². The van der Waals surface area contributed by atoms with Crippen LogP contribution >= 0.6 is 11.3 Å². The summed E-state index contributed by atoms with van der Waals surface area (Å²) in [5, 5.41) is 2.39. The average Bonchev–Trinajstić information content (AvgIpc) is 3.68. The number of nitrogens with zero attached hydrogens (tertiary/aromatic N) is 2. The lowest BCUT2D eigenvalue weighted by molar-refractivity contribution is 0.353. The second-order valence-electron chi connectivity index (χ2n) is 14.1. The standard InChI is InChI=1S/C43H34N2S/c1-42(2)33-17-9-7-15-28(33)31-25-36-32(24-34(31)42)29-20-19-27(23-35(29)43(36)21-11-4-12-22-43)40-44-39(26-13-5-3-6-14-26)38-30-16-8-10-18-37(30)46-41(38)45-40/h3,5-10,13-20,23-25H,4,11-12,21-22H2,1-2H3. The zero-order chi connectivity index (χ0) is 30.6. The fraction of sp³-hybridized carbons (Fsp3) is 0.209. The van der Waals surface area contributed by atoms with Crippen LogP contribution in [0.5, 0.6) is 0 Å². The maximum atomic E-state index is 5.36. The predicted octanol–water partition coefficient (Wildman–Crippen LogP) is 11.7. The van der Waals surface area contributed by atoms with E-state index in [1.807, 2.05) is 0 Å². The molecular formula is C43H34N2S. The normalized spacial score (nSPS) is 16.8. The quantitative estimate of drug-likeness (QED) is 0.195. The van der Waals surface area contributed by atoms with Crippen LogP contribution < -0.4 is 0 Å². The van der Waals surface area contributed by atoms with Gasteiger partial charge in [-0.05, 0) is 81.6 Å². The Kier molecular flexibility index (Phi) is 5.47. The van der Waals surface area contributed by atoms with Crippen LogP contribution in [-0.2, 0) is 10.8 Å². The highest BCUT2D eigenvalue weighted by Crippen LogP contribution is 2.60. The van der Waals surface area contributed by atoms with Crippen LogP contribution in [0.1, 0.15) is 68.2 Å². The summed E-state index contributed by atoms with van der Waals surface area (Å²) in [4.78, 5) is 11.7. The monoisotopic (exact) mass is 610 g/mol. The molecule has 1 fully saturated rings. The van der Waals surface area contributed by atoms with E-state index in [4.69, 9.17) is 9.97 Å². The highest BCUT2D eigenvalue weighted by Gasteiger charge is 2.46. The van der Waals surface area contributed by atoms with Gasteiger partial charge in [0.25, 0.3) is 0 Å². The molecule has 0 unspecified atom stereocenters. The van der Waals surface area contributed by atoms with Crippen molar-refractivity contribution in [1.29, 1.82) is 0 Å². The number of fused-ring (bicyclic) bond motifs is 11. The smallest absolute Gasteiger partial charge is 0.161 e. The lowest BCUT2D eigenvalue weighted by atomic mass is 9.67. The van der Waals surface area contributed by atoms with Crippen LogP contribution in [0.3, 0.4) is 0 Å². The molecule has 0 amide bonds. The molecule has 0 N–H and O–H groups in total. The van der Waals surface area contributed by atoms with Gasteiger partial charge >= 0.3 is 0 Å². The number of benzene rings is 5. The molecule has 3 heteroatoms. The van der Waals surface area contributed by atoms with Gasteiger partial charge < -0.3 is 0 Å². The minimum absolute atomic E-state index is 0.00921. The first-order chi connectivity index (χ1) is 22.5. The van der Waals surface area contributed by atoms with Crippen LogP contribution in [0.4, 0.5) is 0 Å². The summed E-state index contributed by atoms with van der Waals surface area (Å²) in [5.74, 6) is 0.820. The van der Waals surface area contributed by atoms with Crippen molar-refractivity contribution in [1.82, 2.24) is 9.97 Å². The highest BCUT2D eigenvalue weighted by atomic mass is 32.1. The third kappa shape index (κ3) is 3.52. The minimum atomic E-state index is -0.00921. The zero-order valence-corrected chi connectivity index (χ0v) is 27.0. The Bertz CT molecular complexity index is 2370. The molecule has 7 aromatic rings. The average molecular weight is 611 g/mol. The van der Waals surface area contributed by atoms with Crippen LogP contribution in [-0.4, -0.2) is 9.97 Å². The van der Waals surface area contributed by atoms with Gasteiger partial charge in [0.1, 0.15) is 4.83 Å². The first-order valence-corrected chi connectivity index (χ1v) is 17.5. The Morgan fingerprint density at radius 3 is 2.13 bits per heavy atom. The molecule has 222 valence electrons. The van der Waals surface area contributed by atoms with Crippen molar-refractivity contribution in [2.24, 2.45) is 0 Å². The van der Waals surface area contributed by atoms with E-state index in [1.165, 1.54) is 86.7 Å². The van der Waals surface area contributed by atoms with E-state index in [0.717, 1.165) is 32.9 Å². The number of aromatic nitrogens is 2. The van der Waals surface area contributed by atoms with E-state index in [2.05, 4.69) is 123 Å². The van der Waals surface area contributed by atoms with Crippen molar-refractivity contribution < 1.29 is 0 Å². The molecule has 1 spiro atoms. The van der Waals surface area contributed by atoms with Gasteiger partial charge in [-0.15, -0.1) is 11.3 Å². The predicted molar refractivity (Wildman–Crippen MR) is 193 cm³/mol. The highest BCUT2D eigenvalue weighted by molar-refractivity contribution is 7.25. The fourth-order valence-electron chi connectivity index (χ4n) is 9.08. The van der Waals surface area contributed by atoms with E-state index in [1.54, 1.807) is 11.3 Å². The summed E-state index contributed by atoms with van der Waals surface area (Å²) in [7, 11) is 0. The number of hydrogen-bond acceptors (Lipinski definition) is 3. The molecule has 5 aromatic carbocycles. The van der Waals surface area contributed by atoms with E-state index in [-0.39, 0.29) is 10.8 Å². The van der Waals surface area contributed by atoms with E-state index in [9.17, 15) is 0 Å². The van der Waals surface area contributed by atoms with Gasteiger partial charge in [-0.3, -0.25) is 0 Å². The molecule has 3 aliphatic carbocycles. The molecule has 2 nitrogen and oxygen atoms in total. The maximum absolute atomic E-state index is 5.36. The number of rotatable bonds is 2. The molecule has 46 heavy (non-hydrogen) atoms. The molecule has 0 aliphatic heterocycles. The van der Waals surface area contributed by atoms with Gasteiger partial charge in [-0.25, -0.2) is 9.97 Å². The van der Waals surface area contributed by atoms with Gasteiger partial charge in [-0.1, -0.05) is 118 Å². The molecule has 0 saturated heterocycles. The molecule has 2 heterocycles. The third-order valence-corrected chi connectivity index (χ3v) is 12.4. The molecule has 0 bridgehead atoms. The van der Waals surface area contributed by atoms with Gasteiger partial charge in [-0.2, -0.15) is 0 Å². The summed E-state index contributed by atoms with van der Waals surface area (Å²) in [6, 6.07) is 40.6. The topological polar surface area (TPSA) is 25.8 Å². The van der Waals surface area contributed by atoms with Crippen molar-refractivity contribution in [3.8, 4) is 44.9 Å². The summed E-state index contributed by atoms with van der Waals surface area (Å²) < 4.78 is 1.25. The largest absolute Gasteiger partial charge is 0.227 e. The molecular weight excluding hydrogens is 577 g/mol. The maximum Gasteiger partial charge on any atom is 0.161 e. The van der Waals surface area contributed by atoms with Crippen LogP contribution in [0.15, 0.2) is 109 Å². The van der Waals surface area contributed by atoms with Gasteiger partial charge in [0.15, 0.2) is 5.82 Å². The second-order valence-corrected chi connectivity index (χ2v) is 15.1. The van der Waals surface area contributed by atoms with Crippen LogP contribution in [0, 0.1) is 0 Å². The Hall–Kier alpha value is -4.60.